The highest BCUT2D eigenvalue weighted by Crippen LogP contribution is 2.02. The lowest BCUT2D eigenvalue weighted by molar-refractivity contribution is -0.143. The van der Waals surface area contributed by atoms with Gasteiger partial charge in [-0.05, 0) is 25.7 Å². The second kappa shape index (κ2) is 8.98. The van der Waals surface area contributed by atoms with E-state index in [-0.39, 0.29) is 11.9 Å². The van der Waals surface area contributed by atoms with Crippen LogP contribution < -0.4 is 11.1 Å². The Morgan fingerprint density at radius 2 is 2.00 bits per heavy atom. The van der Waals surface area contributed by atoms with Gasteiger partial charge in [-0.15, -0.1) is 0 Å². The highest BCUT2D eigenvalue weighted by atomic mass is 16.5. The third-order valence-corrected chi connectivity index (χ3v) is 2.22. The van der Waals surface area contributed by atoms with Gasteiger partial charge in [-0.25, -0.2) is 0 Å². The number of hydrogen-bond acceptors (Lipinski definition) is 4. The Morgan fingerprint density at radius 3 is 2.53 bits per heavy atom. The number of esters is 1. The first-order valence-corrected chi connectivity index (χ1v) is 6.16. The van der Waals surface area contributed by atoms with E-state index >= 15 is 0 Å². The largest absolute Gasteiger partial charge is 0.466 e. The lowest BCUT2D eigenvalue weighted by Crippen LogP contribution is -2.41. The summed E-state index contributed by atoms with van der Waals surface area (Å²) in [4.78, 5) is 22.5. The molecule has 0 saturated carbocycles. The molecule has 17 heavy (non-hydrogen) atoms. The van der Waals surface area contributed by atoms with Gasteiger partial charge in [-0.3, -0.25) is 9.59 Å². The monoisotopic (exact) mass is 244 g/mol. The third kappa shape index (κ3) is 8.68. The van der Waals surface area contributed by atoms with Crippen LogP contribution in [0.1, 0.15) is 40.0 Å². The second-order valence-electron chi connectivity index (χ2n) is 4.44. The number of rotatable bonds is 8. The van der Waals surface area contributed by atoms with Crippen molar-refractivity contribution in [2.75, 3.05) is 13.2 Å². The van der Waals surface area contributed by atoms with Gasteiger partial charge >= 0.3 is 5.97 Å². The van der Waals surface area contributed by atoms with Crippen molar-refractivity contribution in [1.29, 1.82) is 0 Å². The molecule has 5 nitrogen and oxygen atoms in total. The van der Waals surface area contributed by atoms with E-state index in [0.29, 0.717) is 38.3 Å². The van der Waals surface area contributed by atoms with E-state index < -0.39 is 6.04 Å². The molecular formula is C12H24N2O3. The molecule has 0 fully saturated rings. The molecule has 0 aliphatic heterocycles. The highest BCUT2D eigenvalue weighted by Gasteiger charge is 2.14. The average Bonchev–Trinajstić information content (AvgIpc) is 2.23. The van der Waals surface area contributed by atoms with Crippen molar-refractivity contribution in [2.45, 2.75) is 46.1 Å². The van der Waals surface area contributed by atoms with Crippen LogP contribution in [0, 0.1) is 5.92 Å². The summed E-state index contributed by atoms with van der Waals surface area (Å²) in [7, 11) is 0. The van der Waals surface area contributed by atoms with Gasteiger partial charge in [0.05, 0.1) is 12.6 Å². The summed E-state index contributed by atoms with van der Waals surface area (Å²) in [6.07, 6.45) is 1.58. The summed E-state index contributed by atoms with van der Waals surface area (Å²) in [5.74, 6) is 0.0195. The van der Waals surface area contributed by atoms with Gasteiger partial charge < -0.3 is 15.8 Å². The molecular weight excluding hydrogens is 220 g/mol. The van der Waals surface area contributed by atoms with Gasteiger partial charge in [0.15, 0.2) is 0 Å². The van der Waals surface area contributed by atoms with Gasteiger partial charge in [0.25, 0.3) is 0 Å². The summed E-state index contributed by atoms with van der Waals surface area (Å²) in [5.41, 5.74) is 5.70. The fourth-order valence-electron chi connectivity index (χ4n) is 1.42. The predicted octanol–water partition coefficient (Wildman–Crippen LogP) is 0.819. The standard InChI is InChI=1S/C12H24N2O3/c1-4-17-11(15)6-5-7-14-12(16)10(13)8-9(2)3/h9-10H,4-8,13H2,1-3H3,(H,14,16)/t10-/m1/s1. The zero-order valence-corrected chi connectivity index (χ0v) is 11.0. The molecule has 0 spiro atoms. The third-order valence-electron chi connectivity index (χ3n) is 2.22. The van der Waals surface area contributed by atoms with E-state index in [1.807, 2.05) is 13.8 Å². The summed E-state index contributed by atoms with van der Waals surface area (Å²) in [6, 6.07) is -0.461. The summed E-state index contributed by atoms with van der Waals surface area (Å²) >= 11 is 0. The minimum Gasteiger partial charge on any atom is -0.466 e. The van der Waals surface area contributed by atoms with Crippen molar-refractivity contribution in [1.82, 2.24) is 5.32 Å². The molecule has 100 valence electrons. The number of hydrogen-bond donors (Lipinski definition) is 2. The molecule has 0 heterocycles. The number of carbonyl (C=O) groups is 2. The van der Waals surface area contributed by atoms with Crippen LogP contribution in [0.2, 0.25) is 0 Å². The lowest BCUT2D eigenvalue weighted by atomic mass is 10.0. The maximum Gasteiger partial charge on any atom is 0.305 e. The number of carbonyl (C=O) groups excluding carboxylic acids is 2. The van der Waals surface area contributed by atoms with Crippen molar-refractivity contribution < 1.29 is 14.3 Å². The maximum absolute atomic E-state index is 11.5. The molecule has 5 heteroatoms. The minimum atomic E-state index is -0.461. The van der Waals surface area contributed by atoms with Crippen LogP contribution >= 0.6 is 0 Å². The van der Waals surface area contributed by atoms with Gasteiger partial charge in [0.1, 0.15) is 0 Å². The van der Waals surface area contributed by atoms with Crippen LogP contribution in [0.15, 0.2) is 0 Å². The average molecular weight is 244 g/mol. The topological polar surface area (TPSA) is 81.4 Å². The Morgan fingerprint density at radius 1 is 1.35 bits per heavy atom. The number of nitrogens with one attached hydrogen (secondary N) is 1. The molecule has 0 aromatic rings. The molecule has 0 aliphatic carbocycles. The molecule has 0 bridgehead atoms. The van der Waals surface area contributed by atoms with Crippen molar-refractivity contribution in [3.63, 3.8) is 0 Å². The van der Waals surface area contributed by atoms with Crippen molar-refractivity contribution in [3.8, 4) is 0 Å². The van der Waals surface area contributed by atoms with Crippen molar-refractivity contribution in [3.05, 3.63) is 0 Å². The van der Waals surface area contributed by atoms with Crippen LogP contribution in [-0.2, 0) is 14.3 Å². The van der Waals surface area contributed by atoms with E-state index in [9.17, 15) is 9.59 Å². The second-order valence-corrected chi connectivity index (χ2v) is 4.44. The first kappa shape index (κ1) is 15.9. The van der Waals surface area contributed by atoms with Crippen LogP contribution in [0.4, 0.5) is 0 Å². The first-order valence-electron chi connectivity index (χ1n) is 6.16. The van der Waals surface area contributed by atoms with Gasteiger partial charge in [-0.2, -0.15) is 0 Å². The Bertz CT molecular complexity index is 242. The van der Waals surface area contributed by atoms with Crippen molar-refractivity contribution in [2.24, 2.45) is 11.7 Å². The Labute approximate surface area is 103 Å². The van der Waals surface area contributed by atoms with Crippen LogP contribution in [0.5, 0.6) is 0 Å². The molecule has 1 amide bonds. The van der Waals surface area contributed by atoms with Gasteiger partial charge in [-0.1, -0.05) is 13.8 Å². The molecule has 0 aliphatic rings. The summed E-state index contributed by atoms with van der Waals surface area (Å²) < 4.78 is 4.77. The molecule has 0 saturated heterocycles. The zero-order valence-electron chi connectivity index (χ0n) is 11.0. The quantitative estimate of drug-likeness (QED) is 0.489. The van der Waals surface area contributed by atoms with Crippen LogP contribution in [-0.4, -0.2) is 31.1 Å². The SMILES string of the molecule is CCOC(=O)CCCNC(=O)[C@H](N)CC(C)C. The van der Waals surface area contributed by atoms with E-state index in [0.717, 1.165) is 0 Å². The number of nitrogens with two attached hydrogens (primary N) is 1. The smallest absolute Gasteiger partial charge is 0.305 e. The molecule has 0 radical (unpaired) electrons. The van der Waals surface area contributed by atoms with Gasteiger partial charge in [0, 0.05) is 13.0 Å². The Balaban J connectivity index is 3.60. The van der Waals surface area contributed by atoms with Crippen LogP contribution in [0.25, 0.3) is 0 Å². The number of amides is 1. The fourth-order valence-corrected chi connectivity index (χ4v) is 1.42. The number of ether oxygens (including phenoxy) is 1. The van der Waals surface area contributed by atoms with E-state index in [1.54, 1.807) is 6.92 Å². The Kier molecular flexibility index (Phi) is 8.40. The molecule has 3 N–H and O–H groups in total. The Hall–Kier alpha value is -1.10. The normalized spacial score (nSPS) is 12.3. The first-order chi connectivity index (χ1) is 7.97. The maximum atomic E-state index is 11.5. The van der Waals surface area contributed by atoms with E-state index in [1.165, 1.54) is 0 Å². The summed E-state index contributed by atoms with van der Waals surface area (Å²) in [6.45, 7) is 6.67. The van der Waals surface area contributed by atoms with Crippen LogP contribution in [0.3, 0.4) is 0 Å². The zero-order chi connectivity index (χ0) is 13.3. The predicted molar refractivity (Wildman–Crippen MR) is 66.3 cm³/mol. The highest BCUT2D eigenvalue weighted by molar-refractivity contribution is 5.81. The molecule has 0 rings (SSSR count). The van der Waals surface area contributed by atoms with E-state index in [4.69, 9.17) is 10.5 Å². The molecule has 0 unspecified atom stereocenters. The lowest BCUT2D eigenvalue weighted by Gasteiger charge is -2.13. The molecule has 0 aromatic carbocycles. The minimum absolute atomic E-state index is 0.150. The summed E-state index contributed by atoms with van der Waals surface area (Å²) in [5, 5.41) is 2.71. The fraction of sp³-hybridized carbons (Fsp3) is 0.833. The van der Waals surface area contributed by atoms with Gasteiger partial charge in [0.2, 0.25) is 5.91 Å². The molecule has 0 aromatic heterocycles. The van der Waals surface area contributed by atoms with Crippen molar-refractivity contribution >= 4 is 11.9 Å². The van der Waals surface area contributed by atoms with E-state index in [2.05, 4.69) is 5.32 Å². The molecule has 1 atom stereocenters.